The van der Waals surface area contributed by atoms with Crippen LogP contribution in [0.5, 0.6) is 5.75 Å². The van der Waals surface area contributed by atoms with Crippen molar-refractivity contribution in [3.8, 4) is 5.75 Å². The van der Waals surface area contributed by atoms with Gasteiger partial charge in [0.2, 0.25) is 0 Å². The average Bonchev–Trinajstić information content (AvgIpc) is 3.16. The van der Waals surface area contributed by atoms with Crippen LogP contribution in [0, 0.1) is 0 Å². The van der Waals surface area contributed by atoms with Crippen molar-refractivity contribution in [3.63, 3.8) is 0 Å². The molecule has 0 unspecified atom stereocenters. The number of methoxy groups -OCH3 is 2. The maximum Gasteiger partial charge on any atom is 0.407 e. The molecule has 2 aromatic carbocycles. The number of nitrogens with one attached hydrogen (secondary N) is 1. The van der Waals surface area contributed by atoms with E-state index in [0.717, 1.165) is 18.2 Å². The van der Waals surface area contributed by atoms with Crippen molar-refractivity contribution in [2.24, 2.45) is 0 Å². The molecule has 2 N–H and O–H groups in total. The number of alkyl halides is 1. The summed E-state index contributed by atoms with van der Waals surface area (Å²) < 4.78 is 50.8. The van der Waals surface area contributed by atoms with Crippen LogP contribution < -0.4 is 5.32 Å². The van der Waals surface area contributed by atoms with Crippen LogP contribution in [0.15, 0.2) is 59.6 Å². The van der Waals surface area contributed by atoms with Crippen LogP contribution in [-0.2, 0) is 30.7 Å². The van der Waals surface area contributed by atoms with E-state index in [9.17, 15) is 27.5 Å². The quantitative estimate of drug-likeness (QED) is 0.515. The maximum absolute atomic E-state index is 14.2. The summed E-state index contributed by atoms with van der Waals surface area (Å²) in [5.41, 5.74) is -1.81. The van der Waals surface area contributed by atoms with E-state index in [1.165, 1.54) is 36.5 Å². The van der Waals surface area contributed by atoms with Gasteiger partial charge in [-0.1, -0.05) is 18.2 Å². The van der Waals surface area contributed by atoms with Gasteiger partial charge in [-0.2, -0.15) is 0 Å². The van der Waals surface area contributed by atoms with Crippen LogP contribution in [0.4, 0.5) is 9.18 Å². The SMILES string of the molecule is COC(=O)N[C@](CF)(Cc1cn(S(=O)(=O)c2ccccc2)c2ccc(O)cc12)C(=O)OC. The molecule has 1 atom stereocenters. The van der Waals surface area contributed by atoms with Crippen LogP contribution >= 0.6 is 0 Å². The number of esters is 1. The van der Waals surface area contributed by atoms with Crippen LogP contribution in [0.3, 0.4) is 0 Å². The summed E-state index contributed by atoms with van der Waals surface area (Å²) in [5, 5.41) is 12.4. The normalized spacial score (nSPS) is 13.3. The first kappa shape index (κ1) is 23.1. The van der Waals surface area contributed by atoms with E-state index in [1.54, 1.807) is 18.2 Å². The number of amides is 1. The Balaban J connectivity index is 2.22. The van der Waals surface area contributed by atoms with Gasteiger partial charge in [-0.3, -0.25) is 0 Å². The predicted octanol–water partition coefficient (Wildman–Crippen LogP) is 2.36. The number of fused-ring (bicyclic) bond motifs is 1. The van der Waals surface area contributed by atoms with Gasteiger partial charge in [-0.25, -0.2) is 26.4 Å². The van der Waals surface area contributed by atoms with Crippen molar-refractivity contribution in [3.05, 3.63) is 60.3 Å². The summed E-state index contributed by atoms with van der Waals surface area (Å²) in [5.74, 6) is -1.25. The number of aromatic nitrogens is 1. The van der Waals surface area contributed by atoms with Gasteiger partial charge in [0.05, 0.1) is 24.6 Å². The highest BCUT2D eigenvalue weighted by molar-refractivity contribution is 7.90. The number of carbonyl (C=O) groups is 2. The molecular weight excluding hydrogens is 443 g/mol. The average molecular weight is 464 g/mol. The summed E-state index contributed by atoms with van der Waals surface area (Å²) in [4.78, 5) is 24.3. The molecule has 170 valence electrons. The third kappa shape index (κ3) is 4.11. The fraction of sp³-hybridized carbons (Fsp3) is 0.238. The Labute approximate surface area is 183 Å². The van der Waals surface area contributed by atoms with E-state index in [0.29, 0.717) is 0 Å². The standard InChI is InChI=1S/C21H21FN2O7S/c1-30-19(26)21(13-22,23-20(27)31-2)11-14-12-24(18-9-8-15(25)10-17(14)18)32(28,29)16-6-4-3-5-7-16/h3-10,12,25H,11,13H2,1-2H3,(H,23,27)/t21-/m0/s1. The Morgan fingerprint density at radius 3 is 2.41 bits per heavy atom. The molecule has 0 spiro atoms. The molecule has 32 heavy (non-hydrogen) atoms. The lowest BCUT2D eigenvalue weighted by Gasteiger charge is -2.28. The van der Waals surface area contributed by atoms with Gasteiger partial charge >= 0.3 is 12.1 Å². The molecule has 0 aliphatic heterocycles. The number of carbonyl (C=O) groups excluding carboxylic acids is 2. The number of phenols is 1. The largest absolute Gasteiger partial charge is 0.508 e. The van der Waals surface area contributed by atoms with E-state index >= 15 is 0 Å². The first-order valence-electron chi connectivity index (χ1n) is 9.32. The summed E-state index contributed by atoms with van der Waals surface area (Å²) >= 11 is 0. The summed E-state index contributed by atoms with van der Waals surface area (Å²) in [6.45, 7) is -1.36. The van der Waals surface area contributed by atoms with Crippen molar-refractivity contribution >= 4 is 33.0 Å². The molecule has 1 amide bonds. The minimum absolute atomic E-state index is 0.00827. The van der Waals surface area contributed by atoms with Crippen LogP contribution in [0.2, 0.25) is 0 Å². The highest BCUT2D eigenvalue weighted by Gasteiger charge is 2.43. The van der Waals surface area contributed by atoms with Gasteiger partial charge in [0.25, 0.3) is 10.0 Å². The molecule has 0 bridgehead atoms. The van der Waals surface area contributed by atoms with E-state index < -0.39 is 40.7 Å². The second-order valence-electron chi connectivity index (χ2n) is 6.97. The lowest BCUT2D eigenvalue weighted by atomic mass is 9.91. The second-order valence-corrected chi connectivity index (χ2v) is 8.79. The summed E-state index contributed by atoms with van der Waals surface area (Å²) in [6.07, 6.45) is -0.321. The Hall–Kier alpha value is -3.60. The van der Waals surface area contributed by atoms with E-state index in [4.69, 9.17) is 0 Å². The lowest BCUT2D eigenvalue weighted by molar-refractivity contribution is -0.149. The van der Waals surface area contributed by atoms with Crippen LogP contribution in [0.1, 0.15) is 5.56 Å². The van der Waals surface area contributed by atoms with Crippen molar-refractivity contribution in [2.75, 3.05) is 20.9 Å². The maximum atomic E-state index is 14.2. The molecule has 3 rings (SSSR count). The Bertz CT molecular complexity index is 1260. The van der Waals surface area contributed by atoms with Gasteiger partial charge in [-0.15, -0.1) is 0 Å². The summed E-state index contributed by atoms with van der Waals surface area (Å²) in [6, 6.07) is 11.6. The van der Waals surface area contributed by atoms with Gasteiger partial charge in [0.15, 0.2) is 5.54 Å². The highest BCUT2D eigenvalue weighted by atomic mass is 32.2. The van der Waals surface area contributed by atoms with E-state index in [-0.39, 0.29) is 27.1 Å². The molecule has 0 saturated carbocycles. The number of hydrogen-bond acceptors (Lipinski definition) is 7. The number of nitrogens with zero attached hydrogens (tertiary/aromatic N) is 1. The molecule has 0 radical (unpaired) electrons. The van der Waals surface area contributed by atoms with Crippen molar-refractivity contribution in [2.45, 2.75) is 16.9 Å². The fourth-order valence-corrected chi connectivity index (χ4v) is 4.78. The van der Waals surface area contributed by atoms with E-state index in [2.05, 4.69) is 14.8 Å². The molecule has 0 aliphatic carbocycles. The topological polar surface area (TPSA) is 124 Å². The van der Waals surface area contributed by atoms with Gasteiger partial charge in [-0.05, 0) is 35.9 Å². The number of ether oxygens (including phenoxy) is 2. The zero-order valence-electron chi connectivity index (χ0n) is 17.2. The zero-order valence-corrected chi connectivity index (χ0v) is 18.1. The lowest BCUT2D eigenvalue weighted by Crippen LogP contribution is -2.58. The second kappa shape index (κ2) is 8.87. The van der Waals surface area contributed by atoms with Gasteiger partial charge in [0.1, 0.15) is 12.4 Å². The number of rotatable bonds is 7. The van der Waals surface area contributed by atoms with Gasteiger partial charge < -0.3 is 19.9 Å². The van der Waals surface area contributed by atoms with Crippen molar-refractivity contribution in [1.29, 1.82) is 0 Å². The molecular formula is C21H21FN2O7S. The number of hydrogen-bond donors (Lipinski definition) is 2. The first-order valence-corrected chi connectivity index (χ1v) is 10.8. The molecule has 0 saturated heterocycles. The molecule has 11 heteroatoms. The Kier molecular flexibility index (Phi) is 6.40. The minimum atomic E-state index is -4.06. The first-order chi connectivity index (χ1) is 15.2. The van der Waals surface area contributed by atoms with Crippen molar-refractivity contribution < 1.29 is 37.0 Å². The zero-order chi connectivity index (χ0) is 23.5. The van der Waals surface area contributed by atoms with Crippen LogP contribution in [-0.4, -0.2) is 56.0 Å². The van der Waals surface area contributed by atoms with Crippen molar-refractivity contribution in [1.82, 2.24) is 9.29 Å². The molecule has 9 nitrogen and oxygen atoms in total. The number of aromatic hydroxyl groups is 1. The number of phenolic OH excluding ortho intramolecular Hbond substituents is 1. The van der Waals surface area contributed by atoms with Gasteiger partial charge in [0, 0.05) is 18.0 Å². The van der Waals surface area contributed by atoms with E-state index in [1.807, 2.05) is 0 Å². The molecule has 0 fully saturated rings. The Morgan fingerprint density at radius 1 is 1.12 bits per heavy atom. The fourth-order valence-electron chi connectivity index (χ4n) is 3.37. The number of alkyl carbamates (subject to hydrolysis) is 1. The molecule has 1 aromatic heterocycles. The molecule has 1 heterocycles. The highest BCUT2D eigenvalue weighted by Crippen LogP contribution is 2.31. The smallest absolute Gasteiger partial charge is 0.407 e. The number of benzene rings is 2. The Morgan fingerprint density at radius 2 is 1.81 bits per heavy atom. The monoisotopic (exact) mass is 464 g/mol. The predicted molar refractivity (Wildman–Crippen MR) is 113 cm³/mol. The van der Waals surface area contributed by atoms with Crippen LogP contribution in [0.25, 0.3) is 10.9 Å². The third-order valence-corrected chi connectivity index (χ3v) is 6.65. The summed E-state index contributed by atoms with van der Waals surface area (Å²) in [7, 11) is -1.98. The molecule has 3 aromatic rings. The third-order valence-electron chi connectivity index (χ3n) is 4.96. The number of halogens is 1. The minimum Gasteiger partial charge on any atom is -0.508 e. The molecule has 0 aliphatic rings.